The van der Waals surface area contributed by atoms with Crippen LogP contribution in [0.5, 0.6) is 0 Å². The number of carbonyl (C=O) groups is 1. The lowest BCUT2D eigenvalue weighted by Gasteiger charge is -2.24. The summed E-state index contributed by atoms with van der Waals surface area (Å²) in [6.07, 6.45) is 5.30. The van der Waals surface area contributed by atoms with Crippen molar-refractivity contribution in [3.63, 3.8) is 0 Å². The molecule has 0 radical (unpaired) electrons. The van der Waals surface area contributed by atoms with E-state index in [0.717, 1.165) is 45.5 Å². The second-order valence-corrected chi connectivity index (χ2v) is 4.82. The first-order chi connectivity index (χ1) is 7.86. The smallest absolute Gasteiger partial charge is 0.249 e. The van der Waals surface area contributed by atoms with Crippen molar-refractivity contribution in [2.75, 3.05) is 26.2 Å². The van der Waals surface area contributed by atoms with Crippen LogP contribution in [0.2, 0.25) is 0 Å². The van der Waals surface area contributed by atoms with Gasteiger partial charge in [0.25, 0.3) is 0 Å². The predicted octanol–water partition coefficient (Wildman–Crippen LogP) is 0.671. The van der Waals surface area contributed by atoms with Crippen LogP contribution in [0.4, 0.5) is 0 Å². The van der Waals surface area contributed by atoms with Gasteiger partial charge in [-0.25, -0.2) is 0 Å². The summed E-state index contributed by atoms with van der Waals surface area (Å²) in [5.74, 6) is 0.672. The highest BCUT2D eigenvalue weighted by Gasteiger charge is 2.23. The molecule has 2 unspecified atom stereocenters. The zero-order chi connectivity index (χ0) is 11.2. The van der Waals surface area contributed by atoms with Crippen LogP contribution in [0.3, 0.4) is 0 Å². The molecule has 4 nitrogen and oxygen atoms in total. The van der Waals surface area contributed by atoms with Crippen LogP contribution >= 0.6 is 0 Å². The van der Waals surface area contributed by atoms with Crippen LogP contribution in [-0.2, 0) is 9.53 Å². The lowest BCUT2D eigenvalue weighted by Crippen LogP contribution is -2.38. The van der Waals surface area contributed by atoms with E-state index >= 15 is 0 Å². The zero-order valence-electron chi connectivity index (χ0n) is 9.84. The Morgan fingerprint density at radius 1 is 1.19 bits per heavy atom. The van der Waals surface area contributed by atoms with E-state index in [9.17, 15) is 4.79 Å². The Bertz CT molecular complexity index is 227. The van der Waals surface area contributed by atoms with Gasteiger partial charge in [0.05, 0.1) is 6.61 Å². The Morgan fingerprint density at radius 2 is 2.12 bits per heavy atom. The molecule has 2 atom stereocenters. The number of carbonyl (C=O) groups excluding carboxylic acids is 1. The zero-order valence-corrected chi connectivity index (χ0v) is 9.84. The first-order valence-electron chi connectivity index (χ1n) is 6.46. The quantitative estimate of drug-likeness (QED) is 0.743. The van der Waals surface area contributed by atoms with Crippen LogP contribution in [0.1, 0.15) is 32.1 Å². The van der Waals surface area contributed by atoms with Crippen LogP contribution in [0.25, 0.3) is 0 Å². The Hall–Kier alpha value is -0.610. The van der Waals surface area contributed by atoms with Crippen molar-refractivity contribution in [3.05, 3.63) is 0 Å². The molecule has 0 aliphatic carbocycles. The monoisotopic (exact) mass is 226 g/mol. The minimum atomic E-state index is -0.204. The Balaban J connectivity index is 1.72. The third-order valence-corrected chi connectivity index (χ3v) is 3.42. The standard InChI is InChI=1S/C12H22N2O2/c15-12-11(5-1-2-7-14-12)16-9-10-4-3-6-13-8-10/h10-11,13H,1-9H2,(H,14,15). The lowest BCUT2D eigenvalue weighted by atomic mass is 10.0. The predicted molar refractivity (Wildman–Crippen MR) is 62.2 cm³/mol. The molecular formula is C12H22N2O2. The van der Waals surface area contributed by atoms with Crippen LogP contribution in [0.15, 0.2) is 0 Å². The number of amides is 1. The Labute approximate surface area is 97.1 Å². The molecule has 0 aromatic heterocycles. The Kier molecular flexibility index (Phi) is 4.60. The van der Waals surface area contributed by atoms with Gasteiger partial charge in [0.1, 0.15) is 6.10 Å². The summed E-state index contributed by atoms with van der Waals surface area (Å²) in [7, 11) is 0. The van der Waals surface area contributed by atoms with Crippen molar-refractivity contribution in [2.24, 2.45) is 5.92 Å². The highest BCUT2D eigenvalue weighted by atomic mass is 16.5. The molecule has 2 fully saturated rings. The molecule has 4 heteroatoms. The summed E-state index contributed by atoms with van der Waals surface area (Å²) in [6, 6.07) is 0. The van der Waals surface area contributed by atoms with Gasteiger partial charge in [-0.05, 0) is 44.6 Å². The van der Waals surface area contributed by atoms with Gasteiger partial charge in [0.15, 0.2) is 0 Å². The molecule has 2 heterocycles. The van der Waals surface area contributed by atoms with E-state index in [4.69, 9.17) is 4.74 Å². The van der Waals surface area contributed by atoms with Crippen LogP contribution in [0, 0.1) is 5.92 Å². The highest BCUT2D eigenvalue weighted by Crippen LogP contribution is 2.14. The minimum Gasteiger partial charge on any atom is -0.368 e. The maximum absolute atomic E-state index is 11.6. The minimum absolute atomic E-state index is 0.0845. The highest BCUT2D eigenvalue weighted by molar-refractivity contribution is 5.80. The number of hydrogen-bond acceptors (Lipinski definition) is 3. The second kappa shape index (κ2) is 6.21. The van der Waals surface area contributed by atoms with E-state index in [0.29, 0.717) is 5.92 Å². The molecule has 0 bridgehead atoms. The molecule has 2 saturated heterocycles. The summed E-state index contributed by atoms with van der Waals surface area (Å²) in [4.78, 5) is 11.6. The van der Waals surface area contributed by atoms with Gasteiger partial charge in [-0.3, -0.25) is 4.79 Å². The van der Waals surface area contributed by atoms with E-state index in [-0.39, 0.29) is 12.0 Å². The summed E-state index contributed by atoms with van der Waals surface area (Å²) in [6.45, 7) is 3.70. The third kappa shape index (κ3) is 3.46. The molecule has 16 heavy (non-hydrogen) atoms. The van der Waals surface area contributed by atoms with Crippen molar-refractivity contribution in [1.29, 1.82) is 0 Å². The molecule has 2 rings (SSSR count). The first kappa shape index (κ1) is 11.9. The van der Waals surface area contributed by atoms with Crippen molar-refractivity contribution < 1.29 is 9.53 Å². The van der Waals surface area contributed by atoms with Crippen molar-refractivity contribution in [3.8, 4) is 0 Å². The molecule has 0 aromatic carbocycles. The number of piperidine rings is 1. The molecule has 92 valence electrons. The third-order valence-electron chi connectivity index (χ3n) is 3.42. The molecule has 2 N–H and O–H groups in total. The lowest BCUT2D eigenvalue weighted by molar-refractivity contribution is -0.133. The SMILES string of the molecule is O=C1NCCCCC1OCC1CCCNC1. The second-order valence-electron chi connectivity index (χ2n) is 4.82. The molecule has 0 saturated carbocycles. The van der Waals surface area contributed by atoms with Crippen molar-refractivity contribution >= 4 is 5.91 Å². The number of rotatable bonds is 3. The van der Waals surface area contributed by atoms with Gasteiger partial charge in [-0.1, -0.05) is 0 Å². The fourth-order valence-electron chi connectivity index (χ4n) is 2.39. The van der Waals surface area contributed by atoms with E-state index < -0.39 is 0 Å². The molecule has 1 amide bonds. The van der Waals surface area contributed by atoms with Gasteiger partial charge in [-0.15, -0.1) is 0 Å². The van der Waals surface area contributed by atoms with Gasteiger partial charge in [-0.2, -0.15) is 0 Å². The summed E-state index contributed by atoms with van der Waals surface area (Å²) in [5, 5.41) is 6.27. The number of ether oxygens (including phenoxy) is 1. The van der Waals surface area contributed by atoms with E-state index in [2.05, 4.69) is 10.6 Å². The maximum atomic E-state index is 11.6. The normalized spacial score (nSPS) is 31.9. The molecule has 2 aliphatic heterocycles. The van der Waals surface area contributed by atoms with Gasteiger partial charge in [0.2, 0.25) is 5.91 Å². The van der Waals surface area contributed by atoms with Crippen molar-refractivity contribution in [2.45, 2.75) is 38.2 Å². The largest absolute Gasteiger partial charge is 0.368 e. The van der Waals surface area contributed by atoms with Gasteiger partial charge < -0.3 is 15.4 Å². The van der Waals surface area contributed by atoms with E-state index in [1.54, 1.807) is 0 Å². The van der Waals surface area contributed by atoms with Gasteiger partial charge >= 0.3 is 0 Å². The topological polar surface area (TPSA) is 50.4 Å². The fraction of sp³-hybridized carbons (Fsp3) is 0.917. The Morgan fingerprint density at radius 3 is 2.94 bits per heavy atom. The molecule has 0 aromatic rings. The molecule has 0 spiro atoms. The van der Waals surface area contributed by atoms with E-state index in [1.807, 2.05) is 0 Å². The molecular weight excluding hydrogens is 204 g/mol. The van der Waals surface area contributed by atoms with Crippen LogP contribution < -0.4 is 10.6 Å². The van der Waals surface area contributed by atoms with Crippen LogP contribution in [-0.4, -0.2) is 38.3 Å². The fourth-order valence-corrected chi connectivity index (χ4v) is 2.39. The van der Waals surface area contributed by atoms with Crippen molar-refractivity contribution in [1.82, 2.24) is 10.6 Å². The summed E-state index contributed by atoms with van der Waals surface area (Å²) < 4.78 is 5.76. The van der Waals surface area contributed by atoms with E-state index in [1.165, 1.54) is 12.8 Å². The summed E-state index contributed by atoms with van der Waals surface area (Å²) >= 11 is 0. The summed E-state index contributed by atoms with van der Waals surface area (Å²) in [5.41, 5.74) is 0. The molecule has 2 aliphatic rings. The van der Waals surface area contributed by atoms with Gasteiger partial charge in [0, 0.05) is 13.1 Å². The average molecular weight is 226 g/mol. The number of nitrogens with one attached hydrogen (secondary N) is 2. The number of hydrogen-bond donors (Lipinski definition) is 2. The average Bonchev–Trinajstić information content (AvgIpc) is 2.53. The maximum Gasteiger partial charge on any atom is 0.249 e. The first-order valence-corrected chi connectivity index (χ1v) is 6.46.